The minimum atomic E-state index is 0.237. The first-order chi connectivity index (χ1) is 9.33. The van der Waals surface area contributed by atoms with Gasteiger partial charge in [0.2, 0.25) is 5.91 Å². The fourth-order valence-electron chi connectivity index (χ4n) is 2.75. The molecule has 1 amide bonds. The number of benzene rings is 1. The van der Waals surface area contributed by atoms with Crippen molar-refractivity contribution >= 4 is 17.3 Å². The lowest BCUT2D eigenvalue weighted by molar-refractivity contribution is -0.117. The summed E-state index contributed by atoms with van der Waals surface area (Å²) < 4.78 is 5.46. The highest BCUT2D eigenvalue weighted by atomic mass is 16.5. The number of anilines is 2. The largest absolute Gasteiger partial charge is 0.380 e. The van der Waals surface area contributed by atoms with Crippen molar-refractivity contribution in [2.45, 2.75) is 31.7 Å². The summed E-state index contributed by atoms with van der Waals surface area (Å²) in [5, 5.41) is 3.48. The number of nitrogens with one attached hydrogen (secondary N) is 1. The van der Waals surface area contributed by atoms with Crippen molar-refractivity contribution in [3.05, 3.63) is 24.3 Å². The average Bonchev–Trinajstić information content (AvgIpc) is 2.87. The zero-order chi connectivity index (χ0) is 13.1. The van der Waals surface area contributed by atoms with E-state index in [1.54, 1.807) is 0 Å². The van der Waals surface area contributed by atoms with Gasteiger partial charge in [-0.15, -0.1) is 0 Å². The lowest BCUT2D eigenvalue weighted by Crippen LogP contribution is -2.30. The number of nitrogens with zero attached hydrogens (tertiary/aromatic N) is 1. The Bertz CT molecular complexity index is 438. The molecule has 4 nitrogen and oxygen atoms in total. The number of carbonyl (C=O) groups is 1. The number of hydrogen-bond donors (Lipinski definition) is 1. The number of amides is 1. The van der Waals surface area contributed by atoms with Crippen LogP contribution in [0.25, 0.3) is 0 Å². The summed E-state index contributed by atoms with van der Waals surface area (Å²) in [6, 6.07) is 8.56. The van der Waals surface area contributed by atoms with Crippen LogP contribution in [-0.4, -0.2) is 31.7 Å². The van der Waals surface area contributed by atoms with Gasteiger partial charge in [0.05, 0.1) is 6.61 Å². The molecule has 0 aliphatic carbocycles. The second-order valence-corrected chi connectivity index (χ2v) is 5.25. The summed E-state index contributed by atoms with van der Waals surface area (Å²) in [5.74, 6) is 0.237. The lowest BCUT2D eigenvalue weighted by Gasteiger charge is -2.24. The first kappa shape index (κ1) is 12.5. The monoisotopic (exact) mass is 260 g/mol. The van der Waals surface area contributed by atoms with Crippen LogP contribution >= 0.6 is 0 Å². The third-order valence-electron chi connectivity index (χ3n) is 3.78. The molecule has 1 unspecified atom stereocenters. The molecule has 0 bridgehead atoms. The van der Waals surface area contributed by atoms with Gasteiger partial charge in [-0.05, 0) is 43.5 Å². The molecular weight excluding hydrogens is 240 g/mol. The number of carbonyl (C=O) groups excluding carboxylic acids is 1. The second kappa shape index (κ2) is 5.61. The Labute approximate surface area is 113 Å². The van der Waals surface area contributed by atoms with Crippen LogP contribution < -0.4 is 10.2 Å². The summed E-state index contributed by atoms with van der Waals surface area (Å²) in [6.07, 6.45) is 3.93. The third kappa shape index (κ3) is 2.89. The Morgan fingerprint density at radius 3 is 2.68 bits per heavy atom. The van der Waals surface area contributed by atoms with Gasteiger partial charge < -0.3 is 15.0 Å². The molecule has 2 fully saturated rings. The van der Waals surface area contributed by atoms with Gasteiger partial charge >= 0.3 is 0 Å². The van der Waals surface area contributed by atoms with Crippen LogP contribution in [-0.2, 0) is 9.53 Å². The van der Waals surface area contributed by atoms with Crippen LogP contribution in [0.1, 0.15) is 25.7 Å². The Balaban J connectivity index is 1.63. The zero-order valence-corrected chi connectivity index (χ0v) is 11.1. The van der Waals surface area contributed by atoms with Crippen LogP contribution in [0.15, 0.2) is 24.3 Å². The normalized spacial score (nSPS) is 23.7. The molecule has 19 heavy (non-hydrogen) atoms. The molecule has 2 aliphatic heterocycles. The van der Waals surface area contributed by atoms with Crippen molar-refractivity contribution in [1.29, 1.82) is 0 Å². The lowest BCUT2D eigenvalue weighted by atomic mass is 10.1. The summed E-state index contributed by atoms with van der Waals surface area (Å²) in [5.41, 5.74) is 2.11. The standard InChI is InChI=1S/C15H20N2O2/c18-15-4-1-9-17(15)14-7-5-12(6-8-14)16-13-3-2-10-19-11-13/h5-8,13,16H,1-4,9-11H2. The summed E-state index contributed by atoms with van der Waals surface area (Å²) >= 11 is 0. The van der Waals surface area contributed by atoms with E-state index in [-0.39, 0.29) is 5.91 Å². The van der Waals surface area contributed by atoms with Crippen LogP contribution in [0.2, 0.25) is 0 Å². The van der Waals surface area contributed by atoms with Crippen molar-refractivity contribution in [3.63, 3.8) is 0 Å². The number of ether oxygens (including phenoxy) is 1. The molecule has 1 aromatic carbocycles. The van der Waals surface area contributed by atoms with Crippen LogP contribution in [0.5, 0.6) is 0 Å². The topological polar surface area (TPSA) is 41.6 Å². The van der Waals surface area contributed by atoms with Gasteiger partial charge in [0.15, 0.2) is 0 Å². The van der Waals surface area contributed by atoms with Gasteiger partial charge in [0.25, 0.3) is 0 Å². The molecule has 0 aromatic heterocycles. The van der Waals surface area contributed by atoms with E-state index in [4.69, 9.17) is 4.74 Å². The predicted octanol–water partition coefficient (Wildman–Crippen LogP) is 2.40. The molecule has 0 saturated carbocycles. The maximum atomic E-state index is 11.7. The van der Waals surface area contributed by atoms with Gasteiger partial charge in [-0.3, -0.25) is 4.79 Å². The molecule has 1 N–H and O–H groups in total. The fraction of sp³-hybridized carbons (Fsp3) is 0.533. The average molecular weight is 260 g/mol. The summed E-state index contributed by atoms with van der Waals surface area (Å²) in [4.78, 5) is 13.5. The van der Waals surface area contributed by atoms with E-state index >= 15 is 0 Å². The molecule has 1 atom stereocenters. The quantitative estimate of drug-likeness (QED) is 0.907. The molecule has 3 rings (SSSR count). The van der Waals surface area contributed by atoms with Crippen molar-refractivity contribution < 1.29 is 9.53 Å². The van der Waals surface area contributed by atoms with Gasteiger partial charge in [-0.1, -0.05) is 0 Å². The van der Waals surface area contributed by atoms with E-state index in [2.05, 4.69) is 17.4 Å². The molecule has 0 spiro atoms. The summed E-state index contributed by atoms with van der Waals surface area (Å²) in [6.45, 7) is 2.52. The Kier molecular flexibility index (Phi) is 3.69. The van der Waals surface area contributed by atoms with Crippen molar-refractivity contribution in [3.8, 4) is 0 Å². The molecule has 2 heterocycles. The molecular formula is C15H20N2O2. The van der Waals surface area contributed by atoms with E-state index in [9.17, 15) is 4.79 Å². The van der Waals surface area contributed by atoms with Crippen molar-refractivity contribution in [2.24, 2.45) is 0 Å². The Morgan fingerprint density at radius 1 is 1.21 bits per heavy atom. The number of hydrogen-bond acceptors (Lipinski definition) is 3. The maximum Gasteiger partial charge on any atom is 0.227 e. The predicted molar refractivity (Wildman–Crippen MR) is 75.5 cm³/mol. The van der Waals surface area contributed by atoms with Crippen LogP contribution in [0.3, 0.4) is 0 Å². The second-order valence-electron chi connectivity index (χ2n) is 5.25. The van der Waals surface area contributed by atoms with Gasteiger partial charge in [-0.25, -0.2) is 0 Å². The van der Waals surface area contributed by atoms with Crippen LogP contribution in [0, 0.1) is 0 Å². The highest BCUT2D eigenvalue weighted by Gasteiger charge is 2.21. The molecule has 102 valence electrons. The van der Waals surface area contributed by atoms with Gasteiger partial charge in [-0.2, -0.15) is 0 Å². The molecule has 4 heteroatoms. The molecule has 2 aliphatic rings. The number of rotatable bonds is 3. The Morgan fingerprint density at radius 2 is 2.05 bits per heavy atom. The Hall–Kier alpha value is -1.55. The highest BCUT2D eigenvalue weighted by Crippen LogP contribution is 2.23. The summed E-state index contributed by atoms with van der Waals surface area (Å²) in [7, 11) is 0. The van der Waals surface area contributed by atoms with E-state index in [1.165, 1.54) is 0 Å². The smallest absolute Gasteiger partial charge is 0.227 e. The molecule has 2 saturated heterocycles. The van der Waals surface area contributed by atoms with E-state index in [0.29, 0.717) is 12.5 Å². The van der Waals surface area contributed by atoms with E-state index in [1.807, 2.05) is 17.0 Å². The van der Waals surface area contributed by atoms with Gasteiger partial charge in [0.1, 0.15) is 0 Å². The van der Waals surface area contributed by atoms with E-state index < -0.39 is 0 Å². The third-order valence-corrected chi connectivity index (χ3v) is 3.78. The minimum Gasteiger partial charge on any atom is -0.380 e. The van der Waals surface area contributed by atoms with Crippen molar-refractivity contribution in [2.75, 3.05) is 30.0 Å². The molecule has 0 radical (unpaired) electrons. The zero-order valence-electron chi connectivity index (χ0n) is 11.1. The first-order valence-electron chi connectivity index (χ1n) is 7.08. The fourth-order valence-corrected chi connectivity index (χ4v) is 2.75. The van der Waals surface area contributed by atoms with Crippen molar-refractivity contribution in [1.82, 2.24) is 0 Å². The minimum absolute atomic E-state index is 0.237. The SMILES string of the molecule is O=C1CCCN1c1ccc(NC2CCCOC2)cc1. The van der Waals surface area contributed by atoms with E-state index in [0.717, 1.165) is 50.4 Å². The highest BCUT2D eigenvalue weighted by molar-refractivity contribution is 5.95. The molecule has 1 aromatic rings. The van der Waals surface area contributed by atoms with Crippen LogP contribution in [0.4, 0.5) is 11.4 Å². The first-order valence-corrected chi connectivity index (χ1v) is 7.08. The van der Waals surface area contributed by atoms with Gasteiger partial charge in [0, 0.05) is 37.0 Å². The maximum absolute atomic E-state index is 11.7.